The highest BCUT2D eigenvalue weighted by molar-refractivity contribution is 9.11. The molecule has 0 bridgehead atoms. The fourth-order valence-corrected chi connectivity index (χ4v) is 2.58. The molecule has 1 aliphatic heterocycles. The Kier molecular flexibility index (Phi) is 3.21. The zero-order valence-electron chi connectivity index (χ0n) is 8.36. The molecule has 0 aromatic carbocycles. The van der Waals surface area contributed by atoms with E-state index in [1.807, 2.05) is 4.90 Å². The van der Waals surface area contributed by atoms with Gasteiger partial charge in [0, 0.05) is 18.5 Å². The first-order chi connectivity index (χ1) is 7.16. The number of thiazole rings is 1. The minimum Gasteiger partial charge on any atom is -0.333 e. The van der Waals surface area contributed by atoms with E-state index in [1.165, 1.54) is 16.9 Å². The molecule has 15 heavy (non-hydrogen) atoms. The van der Waals surface area contributed by atoms with Gasteiger partial charge in [0.1, 0.15) is 5.69 Å². The van der Waals surface area contributed by atoms with Gasteiger partial charge < -0.3 is 4.90 Å². The van der Waals surface area contributed by atoms with Gasteiger partial charge in [-0.1, -0.05) is 11.6 Å². The smallest absolute Gasteiger partial charge is 0.273 e. The number of nitrogens with zero attached hydrogens (tertiary/aromatic N) is 2. The maximum atomic E-state index is 12.0. The van der Waals surface area contributed by atoms with Crippen molar-refractivity contribution in [3.63, 3.8) is 0 Å². The SMILES string of the molecule is CC1=CCCN(C(=O)c2csc(Br)n2)C1. The molecule has 3 nitrogen and oxygen atoms in total. The number of hydrogen-bond donors (Lipinski definition) is 0. The monoisotopic (exact) mass is 286 g/mol. The molecule has 0 saturated carbocycles. The van der Waals surface area contributed by atoms with Crippen molar-refractivity contribution in [3.8, 4) is 0 Å². The van der Waals surface area contributed by atoms with Crippen LogP contribution in [-0.2, 0) is 0 Å². The standard InChI is InChI=1S/C10H11BrN2OS/c1-7-3-2-4-13(5-7)9(14)8-6-15-10(11)12-8/h3,6H,2,4-5H2,1H3. The summed E-state index contributed by atoms with van der Waals surface area (Å²) in [6.07, 6.45) is 3.13. The largest absolute Gasteiger partial charge is 0.333 e. The van der Waals surface area contributed by atoms with Crippen LogP contribution in [0.3, 0.4) is 0 Å². The van der Waals surface area contributed by atoms with Crippen molar-refractivity contribution in [2.45, 2.75) is 13.3 Å². The normalized spacial score (nSPS) is 16.4. The summed E-state index contributed by atoms with van der Waals surface area (Å²) < 4.78 is 0.759. The fraction of sp³-hybridized carbons (Fsp3) is 0.400. The number of hydrogen-bond acceptors (Lipinski definition) is 3. The van der Waals surface area contributed by atoms with Crippen LogP contribution in [0.15, 0.2) is 20.9 Å². The average Bonchev–Trinajstić information content (AvgIpc) is 2.64. The van der Waals surface area contributed by atoms with Gasteiger partial charge in [0.2, 0.25) is 0 Å². The molecular formula is C10H11BrN2OS. The van der Waals surface area contributed by atoms with Crippen molar-refractivity contribution in [3.05, 3.63) is 26.6 Å². The molecule has 1 amide bonds. The third-order valence-corrected chi connectivity index (χ3v) is 3.68. The molecule has 0 atom stereocenters. The van der Waals surface area contributed by atoms with E-state index in [0.717, 1.165) is 23.4 Å². The summed E-state index contributed by atoms with van der Waals surface area (Å²) in [6, 6.07) is 0. The van der Waals surface area contributed by atoms with Gasteiger partial charge in [-0.25, -0.2) is 4.98 Å². The van der Waals surface area contributed by atoms with Gasteiger partial charge in [0.15, 0.2) is 3.92 Å². The van der Waals surface area contributed by atoms with E-state index >= 15 is 0 Å². The maximum Gasteiger partial charge on any atom is 0.273 e. The molecular weight excluding hydrogens is 276 g/mol. The predicted octanol–water partition coefficient (Wildman–Crippen LogP) is 2.70. The summed E-state index contributed by atoms with van der Waals surface area (Å²) in [5, 5.41) is 1.79. The summed E-state index contributed by atoms with van der Waals surface area (Å²) in [7, 11) is 0. The maximum absolute atomic E-state index is 12.0. The lowest BCUT2D eigenvalue weighted by Crippen LogP contribution is -2.35. The molecule has 0 N–H and O–H groups in total. The Morgan fingerprint density at radius 3 is 3.07 bits per heavy atom. The first kappa shape index (κ1) is 10.8. The molecule has 0 spiro atoms. The molecule has 1 aromatic rings. The zero-order valence-corrected chi connectivity index (χ0v) is 10.8. The third kappa shape index (κ3) is 2.46. The minimum absolute atomic E-state index is 0.0319. The van der Waals surface area contributed by atoms with Gasteiger partial charge in [0.25, 0.3) is 5.91 Å². The summed E-state index contributed by atoms with van der Waals surface area (Å²) in [5.74, 6) is 0.0319. The Hall–Kier alpha value is -0.680. The van der Waals surface area contributed by atoms with Gasteiger partial charge in [-0.2, -0.15) is 0 Å². The minimum atomic E-state index is 0.0319. The Balaban J connectivity index is 2.12. The number of amides is 1. The van der Waals surface area contributed by atoms with Crippen LogP contribution in [0.4, 0.5) is 0 Å². The Bertz CT molecular complexity index is 413. The Labute approximate surface area is 101 Å². The van der Waals surface area contributed by atoms with Crippen molar-refractivity contribution < 1.29 is 4.79 Å². The van der Waals surface area contributed by atoms with Crippen molar-refractivity contribution >= 4 is 33.2 Å². The molecule has 1 aromatic heterocycles. The highest BCUT2D eigenvalue weighted by Gasteiger charge is 2.20. The highest BCUT2D eigenvalue weighted by atomic mass is 79.9. The van der Waals surface area contributed by atoms with E-state index in [2.05, 4.69) is 33.9 Å². The van der Waals surface area contributed by atoms with Crippen molar-refractivity contribution in [1.29, 1.82) is 0 Å². The van der Waals surface area contributed by atoms with Crippen LogP contribution in [0.5, 0.6) is 0 Å². The van der Waals surface area contributed by atoms with E-state index in [-0.39, 0.29) is 5.91 Å². The van der Waals surface area contributed by atoms with Crippen molar-refractivity contribution in [2.75, 3.05) is 13.1 Å². The van der Waals surface area contributed by atoms with Gasteiger partial charge in [0.05, 0.1) is 0 Å². The quantitative estimate of drug-likeness (QED) is 0.744. The van der Waals surface area contributed by atoms with Crippen LogP contribution in [0.1, 0.15) is 23.8 Å². The molecule has 5 heteroatoms. The van der Waals surface area contributed by atoms with Crippen LogP contribution >= 0.6 is 27.3 Å². The van der Waals surface area contributed by atoms with Gasteiger partial charge in [-0.3, -0.25) is 4.79 Å². The summed E-state index contributed by atoms with van der Waals surface area (Å²) in [5.41, 5.74) is 1.80. The van der Waals surface area contributed by atoms with Crippen LogP contribution in [0.25, 0.3) is 0 Å². The summed E-state index contributed by atoms with van der Waals surface area (Å²) in [4.78, 5) is 18.0. The van der Waals surface area contributed by atoms with Crippen LogP contribution < -0.4 is 0 Å². The van der Waals surface area contributed by atoms with Crippen molar-refractivity contribution in [1.82, 2.24) is 9.88 Å². The van der Waals surface area contributed by atoms with E-state index in [4.69, 9.17) is 0 Å². The average molecular weight is 287 g/mol. The molecule has 0 fully saturated rings. The number of rotatable bonds is 1. The molecule has 0 unspecified atom stereocenters. The summed E-state index contributed by atoms with van der Waals surface area (Å²) >= 11 is 4.70. The fourth-order valence-electron chi connectivity index (χ4n) is 1.60. The lowest BCUT2D eigenvalue weighted by atomic mass is 10.1. The topological polar surface area (TPSA) is 33.2 Å². The van der Waals surface area contributed by atoms with Crippen LogP contribution in [-0.4, -0.2) is 28.9 Å². The van der Waals surface area contributed by atoms with Gasteiger partial charge in [-0.15, -0.1) is 11.3 Å². The van der Waals surface area contributed by atoms with Crippen molar-refractivity contribution in [2.24, 2.45) is 0 Å². The Morgan fingerprint density at radius 1 is 1.67 bits per heavy atom. The lowest BCUT2D eigenvalue weighted by Gasteiger charge is -2.25. The second kappa shape index (κ2) is 4.45. The van der Waals surface area contributed by atoms with Crippen LogP contribution in [0.2, 0.25) is 0 Å². The van der Waals surface area contributed by atoms with E-state index in [1.54, 1.807) is 5.38 Å². The van der Waals surface area contributed by atoms with E-state index in [0.29, 0.717) is 5.69 Å². The summed E-state index contributed by atoms with van der Waals surface area (Å²) in [6.45, 7) is 3.58. The molecule has 0 radical (unpaired) electrons. The van der Waals surface area contributed by atoms with Crippen LogP contribution in [0, 0.1) is 0 Å². The molecule has 2 rings (SSSR count). The lowest BCUT2D eigenvalue weighted by molar-refractivity contribution is 0.0761. The van der Waals surface area contributed by atoms with E-state index < -0.39 is 0 Å². The number of carbonyl (C=O) groups is 1. The van der Waals surface area contributed by atoms with Gasteiger partial charge >= 0.3 is 0 Å². The molecule has 0 aliphatic carbocycles. The number of halogens is 1. The first-order valence-corrected chi connectivity index (χ1v) is 6.40. The van der Waals surface area contributed by atoms with Gasteiger partial charge in [-0.05, 0) is 29.3 Å². The molecule has 0 saturated heterocycles. The highest BCUT2D eigenvalue weighted by Crippen LogP contribution is 2.18. The second-order valence-electron chi connectivity index (χ2n) is 3.55. The second-order valence-corrected chi connectivity index (χ2v) is 5.69. The van der Waals surface area contributed by atoms with E-state index in [9.17, 15) is 4.79 Å². The number of aromatic nitrogens is 1. The Morgan fingerprint density at radius 2 is 2.47 bits per heavy atom. The molecule has 1 aliphatic rings. The molecule has 80 valence electrons. The molecule has 2 heterocycles. The zero-order chi connectivity index (χ0) is 10.8. The predicted molar refractivity (Wildman–Crippen MR) is 64.1 cm³/mol. The first-order valence-electron chi connectivity index (χ1n) is 4.73. The third-order valence-electron chi connectivity index (χ3n) is 2.31. The number of carbonyl (C=O) groups excluding carboxylic acids is 1.